The molecule has 0 radical (unpaired) electrons. The maximum Gasteiger partial charge on any atom is 0.149 e. The lowest BCUT2D eigenvalue weighted by Gasteiger charge is -2.21. The van der Waals surface area contributed by atoms with Gasteiger partial charge in [-0.05, 0) is 25.1 Å². The van der Waals surface area contributed by atoms with Gasteiger partial charge < -0.3 is 9.64 Å². The molecule has 2 nitrogen and oxygen atoms in total. The van der Waals surface area contributed by atoms with Gasteiger partial charge in [0.05, 0.1) is 11.9 Å². The third kappa shape index (κ3) is 3.00. The van der Waals surface area contributed by atoms with Gasteiger partial charge in [0.25, 0.3) is 0 Å². The van der Waals surface area contributed by atoms with E-state index in [0.29, 0.717) is 0 Å². The molecule has 0 aliphatic carbocycles. The minimum atomic E-state index is 0.872. The fraction of sp³-hybridized carbons (Fsp3) is 0.200. The van der Waals surface area contributed by atoms with Gasteiger partial charge in [0.2, 0.25) is 0 Å². The van der Waals surface area contributed by atoms with E-state index >= 15 is 0 Å². The van der Waals surface area contributed by atoms with Crippen LogP contribution in [0.3, 0.4) is 0 Å². The van der Waals surface area contributed by atoms with Crippen LogP contribution in [0.4, 0.5) is 5.69 Å². The highest BCUT2D eigenvalue weighted by Gasteiger charge is 2.11. The molecule has 0 spiro atoms. The molecule has 88 valence electrons. The Labute approximate surface area is 103 Å². The van der Waals surface area contributed by atoms with Crippen molar-refractivity contribution in [2.45, 2.75) is 6.92 Å². The van der Waals surface area contributed by atoms with E-state index in [9.17, 15) is 0 Å². The first-order chi connectivity index (χ1) is 8.42. The van der Waals surface area contributed by atoms with Crippen LogP contribution in [-0.2, 0) is 0 Å². The molecule has 1 aliphatic heterocycles. The first kappa shape index (κ1) is 11.5. The van der Waals surface area contributed by atoms with Crippen molar-refractivity contribution in [3.8, 4) is 5.75 Å². The van der Waals surface area contributed by atoms with E-state index in [1.165, 1.54) is 0 Å². The predicted molar refractivity (Wildman–Crippen MR) is 72.4 cm³/mol. The summed E-state index contributed by atoms with van der Waals surface area (Å²) in [5.74, 6) is 0.917. The Hall–Kier alpha value is -1.96. The van der Waals surface area contributed by atoms with Crippen molar-refractivity contribution in [1.82, 2.24) is 0 Å². The molecule has 0 saturated heterocycles. The number of anilines is 1. The molecule has 0 aromatic heterocycles. The number of para-hydroxylation sites is 2. The highest BCUT2D eigenvalue weighted by Crippen LogP contribution is 2.29. The molecule has 0 saturated carbocycles. The molecule has 1 aromatic carbocycles. The number of benzene rings is 1. The highest BCUT2D eigenvalue weighted by atomic mass is 16.5. The van der Waals surface area contributed by atoms with Gasteiger partial charge in [0.1, 0.15) is 5.75 Å². The lowest BCUT2D eigenvalue weighted by atomic mass is 10.2. The Kier molecular flexibility index (Phi) is 4.03. The van der Waals surface area contributed by atoms with Gasteiger partial charge in [-0.2, -0.15) is 0 Å². The SMILES string of the molecule is C/C=C\C=C/CN1CC=COc2ccccc21. The molecular weight excluding hydrogens is 210 g/mol. The zero-order chi connectivity index (χ0) is 11.9. The van der Waals surface area contributed by atoms with Crippen LogP contribution in [0, 0.1) is 0 Å². The second-order valence-electron chi connectivity index (χ2n) is 3.82. The van der Waals surface area contributed by atoms with E-state index in [0.717, 1.165) is 24.5 Å². The zero-order valence-corrected chi connectivity index (χ0v) is 10.0. The molecule has 1 aliphatic rings. The van der Waals surface area contributed by atoms with Crippen molar-refractivity contribution in [3.05, 3.63) is 60.9 Å². The Morgan fingerprint density at radius 2 is 2.18 bits per heavy atom. The fourth-order valence-corrected chi connectivity index (χ4v) is 1.76. The number of allylic oxidation sites excluding steroid dienone is 3. The standard InChI is InChI=1S/C15H17NO/c1-2-3-4-7-11-16-12-8-13-17-15-10-6-5-9-14(15)16/h2-10,13H,11-12H2,1H3/b3-2-,7-4-. The Morgan fingerprint density at radius 1 is 1.29 bits per heavy atom. The molecule has 2 rings (SSSR count). The largest absolute Gasteiger partial charge is 0.463 e. The lowest BCUT2D eigenvalue weighted by Crippen LogP contribution is -2.22. The summed E-state index contributed by atoms with van der Waals surface area (Å²) in [5.41, 5.74) is 1.14. The van der Waals surface area contributed by atoms with Crippen LogP contribution in [-0.4, -0.2) is 13.1 Å². The summed E-state index contributed by atoms with van der Waals surface area (Å²) >= 11 is 0. The Bertz CT molecular complexity index is 446. The molecule has 0 amide bonds. The normalized spacial score (nSPS) is 15.0. The molecule has 0 unspecified atom stereocenters. The summed E-state index contributed by atoms with van der Waals surface area (Å²) in [6.07, 6.45) is 12.1. The average molecular weight is 227 g/mol. The minimum absolute atomic E-state index is 0.872. The van der Waals surface area contributed by atoms with Crippen molar-refractivity contribution in [2.75, 3.05) is 18.0 Å². The van der Waals surface area contributed by atoms with Gasteiger partial charge in [-0.1, -0.05) is 36.4 Å². The second kappa shape index (κ2) is 5.94. The maximum atomic E-state index is 5.55. The molecule has 1 heterocycles. The van der Waals surface area contributed by atoms with E-state index in [2.05, 4.69) is 23.1 Å². The molecule has 0 N–H and O–H groups in total. The van der Waals surface area contributed by atoms with Crippen LogP contribution in [0.5, 0.6) is 5.75 Å². The topological polar surface area (TPSA) is 12.5 Å². The van der Waals surface area contributed by atoms with E-state index in [1.807, 2.05) is 43.4 Å². The minimum Gasteiger partial charge on any atom is -0.463 e. The molecule has 1 aromatic rings. The number of hydrogen-bond donors (Lipinski definition) is 0. The molecule has 2 heteroatoms. The van der Waals surface area contributed by atoms with Crippen LogP contribution in [0.15, 0.2) is 60.9 Å². The monoisotopic (exact) mass is 227 g/mol. The number of rotatable bonds is 3. The number of nitrogens with zero attached hydrogens (tertiary/aromatic N) is 1. The number of hydrogen-bond acceptors (Lipinski definition) is 2. The summed E-state index contributed by atoms with van der Waals surface area (Å²) in [6, 6.07) is 8.11. The van der Waals surface area contributed by atoms with Gasteiger partial charge >= 0.3 is 0 Å². The quantitative estimate of drug-likeness (QED) is 0.732. The summed E-state index contributed by atoms with van der Waals surface area (Å²) < 4.78 is 5.55. The van der Waals surface area contributed by atoms with E-state index in [4.69, 9.17) is 4.74 Å². The van der Waals surface area contributed by atoms with Crippen LogP contribution < -0.4 is 9.64 Å². The zero-order valence-electron chi connectivity index (χ0n) is 10.0. The van der Waals surface area contributed by atoms with Crippen molar-refractivity contribution in [1.29, 1.82) is 0 Å². The van der Waals surface area contributed by atoms with Crippen molar-refractivity contribution in [3.63, 3.8) is 0 Å². The third-order valence-corrected chi connectivity index (χ3v) is 2.59. The van der Waals surface area contributed by atoms with Crippen molar-refractivity contribution < 1.29 is 4.74 Å². The third-order valence-electron chi connectivity index (χ3n) is 2.59. The number of ether oxygens (including phenoxy) is 1. The fourth-order valence-electron chi connectivity index (χ4n) is 1.76. The van der Waals surface area contributed by atoms with E-state index < -0.39 is 0 Å². The first-order valence-electron chi connectivity index (χ1n) is 5.85. The molecule has 0 bridgehead atoms. The van der Waals surface area contributed by atoms with Gasteiger partial charge in [-0.25, -0.2) is 0 Å². The summed E-state index contributed by atoms with van der Waals surface area (Å²) in [7, 11) is 0. The van der Waals surface area contributed by atoms with Gasteiger partial charge in [0.15, 0.2) is 0 Å². The lowest BCUT2D eigenvalue weighted by molar-refractivity contribution is 0.484. The first-order valence-corrected chi connectivity index (χ1v) is 5.85. The summed E-state index contributed by atoms with van der Waals surface area (Å²) in [5, 5.41) is 0. The molecule has 0 fully saturated rings. The van der Waals surface area contributed by atoms with E-state index in [1.54, 1.807) is 6.26 Å². The second-order valence-corrected chi connectivity index (χ2v) is 3.82. The molecule has 0 atom stereocenters. The van der Waals surface area contributed by atoms with E-state index in [-0.39, 0.29) is 0 Å². The van der Waals surface area contributed by atoms with Gasteiger partial charge in [-0.15, -0.1) is 0 Å². The molecular formula is C15H17NO. The smallest absolute Gasteiger partial charge is 0.149 e. The predicted octanol–water partition coefficient (Wildman–Crippen LogP) is 3.53. The maximum absolute atomic E-state index is 5.55. The highest BCUT2D eigenvalue weighted by molar-refractivity contribution is 5.60. The van der Waals surface area contributed by atoms with Crippen LogP contribution in [0.1, 0.15) is 6.92 Å². The summed E-state index contributed by atoms with van der Waals surface area (Å²) in [6.45, 7) is 3.77. The van der Waals surface area contributed by atoms with Gasteiger partial charge in [0, 0.05) is 13.1 Å². The van der Waals surface area contributed by atoms with Gasteiger partial charge in [-0.3, -0.25) is 0 Å². The van der Waals surface area contributed by atoms with Crippen molar-refractivity contribution in [2.24, 2.45) is 0 Å². The Balaban J connectivity index is 2.14. The average Bonchev–Trinajstić information content (AvgIpc) is 2.57. The Morgan fingerprint density at radius 3 is 3.06 bits per heavy atom. The van der Waals surface area contributed by atoms with Crippen LogP contribution >= 0.6 is 0 Å². The number of fused-ring (bicyclic) bond motifs is 1. The molecule has 17 heavy (non-hydrogen) atoms. The van der Waals surface area contributed by atoms with Crippen LogP contribution in [0.25, 0.3) is 0 Å². The van der Waals surface area contributed by atoms with Crippen LogP contribution in [0.2, 0.25) is 0 Å². The summed E-state index contributed by atoms with van der Waals surface area (Å²) in [4.78, 5) is 2.28. The van der Waals surface area contributed by atoms with Crippen molar-refractivity contribution >= 4 is 5.69 Å².